The van der Waals surface area contributed by atoms with Gasteiger partial charge in [0.2, 0.25) is 0 Å². The van der Waals surface area contributed by atoms with Crippen molar-refractivity contribution in [3.8, 4) is 22.3 Å². The first kappa shape index (κ1) is 15.7. The quantitative estimate of drug-likeness (QED) is 0.278. The first-order chi connectivity index (χ1) is 13.7. The number of rotatable bonds is 0. The zero-order valence-corrected chi connectivity index (χ0v) is 16.1. The SMILES string of the molecule is CC1(C)c2ccccc2N2c3ccccc3-c3ccccc3-c3cccc1c32. The molecule has 0 bridgehead atoms. The van der Waals surface area contributed by atoms with Gasteiger partial charge in [0.15, 0.2) is 0 Å². The summed E-state index contributed by atoms with van der Waals surface area (Å²) in [5, 5.41) is 0. The van der Waals surface area contributed by atoms with Crippen molar-refractivity contribution < 1.29 is 0 Å². The Balaban J connectivity index is 1.85. The highest BCUT2D eigenvalue weighted by molar-refractivity contribution is 6.05. The van der Waals surface area contributed by atoms with Gasteiger partial charge >= 0.3 is 0 Å². The van der Waals surface area contributed by atoms with Gasteiger partial charge in [-0.1, -0.05) is 92.7 Å². The Morgan fingerprint density at radius 2 is 1.04 bits per heavy atom. The van der Waals surface area contributed by atoms with Crippen LogP contribution >= 0.6 is 0 Å². The lowest BCUT2D eigenvalue weighted by Gasteiger charge is -2.42. The standard InChI is InChI=1S/C27H21N/c1-27(2)22-14-6-8-17-25(22)28-24-16-7-5-12-20(24)18-10-3-4-11-19(18)21-13-9-15-23(27)26(21)28/h3-17H,1-2H3. The summed E-state index contributed by atoms with van der Waals surface area (Å²) >= 11 is 0. The van der Waals surface area contributed by atoms with Gasteiger partial charge in [0.05, 0.1) is 17.1 Å². The minimum Gasteiger partial charge on any atom is -0.309 e. The van der Waals surface area contributed by atoms with Crippen molar-refractivity contribution in [1.29, 1.82) is 0 Å². The highest BCUT2D eigenvalue weighted by Crippen LogP contribution is 2.58. The number of hydrogen-bond acceptors (Lipinski definition) is 1. The van der Waals surface area contributed by atoms with E-state index < -0.39 is 0 Å². The van der Waals surface area contributed by atoms with Gasteiger partial charge < -0.3 is 4.90 Å². The van der Waals surface area contributed by atoms with Crippen LogP contribution in [0.5, 0.6) is 0 Å². The fraction of sp³-hybridized carbons (Fsp3) is 0.111. The van der Waals surface area contributed by atoms with Crippen LogP contribution in [0.15, 0.2) is 91.0 Å². The molecular formula is C27H21N. The largest absolute Gasteiger partial charge is 0.309 e. The Bertz CT molecular complexity index is 1250. The van der Waals surface area contributed by atoms with Crippen LogP contribution in [0.3, 0.4) is 0 Å². The fourth-order valence-corrected chi connectivity index (χ4v) is 5.07. The Hall–Kier alpha value is -3.32. The number of hydrogen-bond donors (Lipinski definition) is 0. The van der Waals surface area contributed by atoms with E-state index in [1.54, 1.807) is 0 Å². The first-order valence-corrected chi connectivity index (χ1v) is 9.90. The van der Waals surface area contributed by atoms with Crippen molar-refractivity contribution in [2.24, 2.45) is 0 Å². The monoisotopic (exact) mass is 359 g/mol. The Labute approximate surface area is 165 Å². The summed E-state index contributed by atoms with van der Waals surface area (Å²) in [6.45, 7) is 4.70. The van der Waals surface area contributed by atoms with Gasteiger partial charge in [-0.15, -0.1) is 0 Å². The molecule has 0 atom stereocenters. The number of anilines is 3. The van der Waals surface area contributed by atoms with Crippen LogP contribution in [0.4, 0.5) is 17.1 Å². The summed E-state index contributed by atoms with van der Waals surface area (Å²) in [6, 6.07) is 33.3. The molecule has 0 fully saturated rings. The van der Waals surface area contributed by atoms with Crippen molar-refractivity contribution >= 4 is 17.1 Å². The summed E-state index contributed by atoms with van der Waals surface area (Å²) in [4.78, 5) is 2.49. The van der Waals surface area contributed by atoms with E-state index in [0.717, 1.165) is 0 Å². The Morgan fingerprint density at radius 3 is 1.82 bits per heavy atom. The number of nitrogens with zero attached hydrogens (tertiary/aromatic N) is 1. The Kier molecular flexibility index (Phi) is 3.01. The molecule has 0 N–H and O–H groups in total. The maximum Gasteiger partial charge on any atom is 0.0581 e. The third kappa shape index (κ3) is 1.86. The lowest BCUT2D eigenvalue weighted by Crippen LogP contribution is -2.30. The highest BCUT2D eigenvalue weighted by Gasteiger charge is 2.40. The summed E-state index contributed by atoms with van der Waals surface area (Å²) in [5.74, 6) is 0. The molecule has 0 unspecified atom stereocenters. The van der Waals surface area contributed by atoms with E-state index in [0.29, 0.717) is 0 Å². The van der Waals surface area contributed by atoms with Gasteiger partial charge in [-0.2, -0.15) is 0 Å². The molecule has 0 radical (unpaired) electrons. The normalized spacial score (nSPS) is 15.0. The van der Waals surface area contributed by atoms with E-state index in [1.165, 1.54) is 50.4 Å². The second-order valence-corrected chi connectivity index (χ2v) is 8.24. The maximum absolute atomic E-state index is 2.49. The fourth-order valence-electron chi connectivity index (χ4n) is 5.07. The second-order valence-electron chi connectivity index (χ2n) is 8.24. The summed E-state index contributed by atoms with van der Waals surface area (Å²) in [6.07, 6.45) is 0. The van der Waals surface area contributed by atoms with Crippen LogP contribution in [0.2, 0.25) is 0 Å². The molecule has 4 aromatic carbocycles. The second kappa shape index (κ2) is 5.36. The molecule has 2 aliphatic rings. The lowest BCUT2D eigenvalue weighted by atomic mass is 9.72. The molecule has 0 saturated carbocycles. The molecule has 0 amide bonds. The van der Waals surface area contributed by atoms with Gasteiger partial charge in [0.25, 0.3) is 0 Å². The van der Waals surface area contributed by atoms with Gasteiger partial charge in [-0.3, -0.25) is 0 Å². The third-order valence-electron chi connectivity index (χ3n) is 6.40. The van der Waals surface area contributed by atoms with Crippen LogP contribution in [0.1, 0.15) is 25.0 Å². The van der Waals surface area contributed by atoms with Crippen LogP contribution in [0.25, 0.3) is 22.3 Å². The van der Waals surface area contributed by atoms with Crippen molar-refractivity contribution in [3.63, 3.8) is 0 Å². The smallest absolute Gasteiger partial charge is 0.0581 e. The van der Waals surface area contributed by atoms with Crippen LogP contribution in [0, 0.1) is 0 Å². The van der Waals surface area contributed by atoms with Crippen molar-refractivity contribution in [2.75, 3.05) is 4.90 Å². The number of benzene rings is 4. The minimum atomic E-state index is -0.0489. The predicted molar refractivity (Wildman–Crippen MR) is 118 cm³/mol. The van der Waals surface area contributed by atoms with E-state index in [9.17, 15) is 0 Å². The average Bonchev–Trinajstić information content (AvgIpc) is 2.86. The zero-order valence-electron chi connectivity index (χ0n) is 16.1. The number of para-hydroxylation sites is 3. The van der Waals surface area contributed by atoms with Gasteiger partial charge in [0.1, 0.15) is 0 Å². The molecule has 1 heteroatoms. The number of fused-ring (bicyclic) bond motifs is 7. The summed E-state index contributed by atoms with van der Waals surface area (Å²) in [5.41, 5.74) is 11.8. The van der Waals surface area contributed by atoms with Crippen LogP contribution in [-0.2, 0) is 5.41 Å². The van der Waals surface area contributed by atoms with Crippen LogP contribution < -0.4 is 4.90 Å². The molecule has 28 heavy (non-hydrogen) atoms. The Morgan fingerprint density at radius 1 is 0.500 bits per heavy atom. The lowest BCUT2D eigenvalue weighted by molar-refractivity contribution is 0.632. The summed E-state index contributed by atoms with van der Waals surface area (Å²) < 4.78 is 0. The molecule has 6 rings (SSSR count). The molecule has 4 aromatic rings. The van der Waals surface area contributed by atoms with E-state index in [4.69, 9.17) is 0 Å². The van der Waals surface area contributed by atoms with Crippen molar-refractivity contribution in [2.45, 2.75) is 19.3 Å². The molecule has 0 spiro atoms. The van der Waals surface area contributed by atoms with Gasteiger partial charge in [-0.05, 0) is 34.4 Å². The summed E-state index contributed by atoms with van der Waals surface area (Å²) in [7, 11) is 0. The van der Waals surface area contributed by atoms with E-state index >= 15 is 0 Å². The minimum absolute atomic E-state index is 0.0489. The predicted octanol–water partition coefficient (Wildman–Crippen LogP) is 7.44. The highest BCUT2D eigenvalue weighted by atomic mass is 15.2. The van der Waals surface area contributed by atoms with E-state index in [-0.39, 0.29) is 5.41 Å². The first-order valence-electron chi connectivity index (χ1n) is 9.90. The van der Waals surface area contributed by atoms with E-state index in [2.05, 4.69) is 110 Å². The molecule has 0 saturated heterocycles. The molecule has 0 aliphatic carbocycles. The molecule has 134 valence electrons. The van der Waals surface area contributed by atoms with Gasteiger partial charge in [-0.25, -0.2) is 0 Å². The van der Waals surface area contributed by atoms with Crippen molar-refractivity contribution in [3.05, 3.63) is 102 Å². The van der Waals surface area contributed by atoms with Crippen molar-refractivity contribution in [1.82, 2.24) is 0 Å². The molecule has 0 aromatic heterocycles. The molecule has 1 nitrogen and oxygen atoms in total. The molecular weight excluding hydrogens is 338 g/mol. The topological polar surface area (TPSA) is 3.24 Å². The zero-order chi connectivity index (χ0) is 18.9. The van der Waals surface area contributed by atoms with Crippen LogP contribution in [-0.4, -0.2) is 0 Å². The van der Waals surface area contributed by atoms with E-state index in [1.807, 2.05) is 0 Å². The molecule has 2 aliphatic heterocycles. The maximum atomic E-state index is 2.49. The van der Waals surface area contributed by atoms with Gasteiger partial charge in [0, 0.05) is 16.5 Å². The molecule has 2 heterocycles. The average molecular weight is 359 g/mol. The third-order valence-corrected chi connectivity index (χ3v) is 6.40.